The Bertz CT molecular complexity index is 570. The van der Waals surface area contributed by atoms with Crippen molar-refractivity contribution in [3.05, 3.63) is 48.5 Å². The maximum absolute atomic E-state index is 9.28. The highest BCUT2D eigenvalue weighted by Gasteiger charge is 2.08. The Balaban J connectivity index is 2.39. The molecule has 2 aromatic carbocycles. The fourth-order valence-corrected chi connectivity index (χ4v) is 1.67. The molecular weight excluding hydrogens is 226 g/mol. The van der Waals surface area contributed by atoms with Gasteiger partial charge in [-0.1, -0.05) is 30.3 Å². The Labute approximate surface area is 106 Å². The summed E-state index contributed by atoms with van der Waals surface area (Å²) in [5, 5.41) is 18.1. The van der Waals surface area contributed by atoms with E-state index >= 15 is 0 Å². The number of nitriles is 1. The maximum Gasteiger partial charge on any atom is 0.181 e. The minimum atomic E-state index is -0.497. The third kappa shape index (κ3) is 2.61. The van der Waals surface area contributed by atoms with Gasteiger partial charge in [0.05, 0.1) is 0 Å². The quantitative estimate of drug-likeness (QED) is 0.893. The average Bonchev–Trinajstić information content (AvgIpc) is 2.40. The van der Waals surface area contributed by atoms with Crippen molar-refractivity contribution in [3.8, 4) is 28.7 Å². The van der Waals surface area contributed by atoms with E-state index in [9.17, 15) is 5.11 Å². The second kappa shape index (κ2) is 5.24. The summed E-state index contributed by atoms with van der Waals surface area (Å²) in [6, 6.07) is 16.4. The first-order chi connectivity index (χ1) is 8.70. The van der Waals surface area contributed by atoms with Crippen LogP contribution in [0.4, 0.5) is 0 Å². The van der Waals surface area contributed by atoms with E-state index in [-0.39, 0.29) is 5.75 Å². The Kier molecular flexibility index (Phi) is 3.49. The highest BCUT2D eigenvalue weighted by molar-refractivity contribution is 5.70. The standard InChI is InChI=1S/C15H13NO2/c1-11(10-16)18-15-5-3-2-4-14(15)12-6-8-13(17)9-7-12/h2-9,11,17H,1H3. The van der Waals surface area contributed by atoms with Gasteiger partial charge in [-0.05, 0) is 30.7 Å². The molecule has 2 aromatic rings. The van der Waals surface area contributed by atoms with Crippen LogP contribution in [0.25, 0.3) is 11.1 Å². The molecule has 3 heteroatoms. The normalized spacial score (nSPS) is 11.6. The van der Waals surface area contributed by atoms with Crippen LogP contribution in [0.2, 0.25) is 0 Å². The molecule has 0 radical (unpaired) electrons. The molecule has 0 aliphatic heterocycles. The molecule has 18 heavy (non-hydrogen) atoms. The van der Waals surface area contributed by atoms with Gasteiger partial charge in [-0.3, -0.25) is 0 Å². The lowest BCUT2D eigenvalue weighted by atomic mass is 10.0. The number of hydrogen-bond acceptors (Lipinski definition) is 3. The van der Waals surface area contributed by atoms with Crippen molar-refractivity contribution in [1.82, 2.24) is 0 Å². The monoisotopic (exact) mass is 239 g/mol. The molecule has 3 nitrogen and oxygen atoms in total. The number of rotatable bonds is 3. The van der Waals surface area contributed by atoms with Crippen LogP contribution < -0.4 is 4.74 Å². The minimum absolute atomic E-state index is 0.225. The number of para-hydroxylation sites is 1. The van der Waals surface area contributed by atoms with Gasteiger partial charge >= 0.3 is 0 Å². The Hall–Kier alpha value is -2.47. The third-order valence-electron chi connectivity index (χ3n) is 2.55. The highest BCUT2D eigenvalue weighted by atomic mass is 16.5. The van der Waals surface area contributed by atoms with Crippen molar-refractivity contribution in [3.63, 3.8) is 0 Å². The summed E-state index contributed by atoms with van der Waals surface area (Å²) in [7, 11) is 0. The first-order valence-electron chi connectivity index (χ1n) is 5.65. The lowest BCUT2D eigenvalue weighted by Crippen LogP contribution is -2.08. The van der Waals surface area contributed by atoms with E-state index in [1.54, 1.807) is 19.1 Å². The predicted octanol–water partition coefficient (Wildman–Crippen LogP) is 3.35. The summed E-state index contributed by atoms with van der Waals surface area (Å²) in [6.07, 6.45) is -0.497. The third-order valence-corrected chi connectivity index (χ3v) is 2.55. The first-order valence-corrected chi connectivity index (χ1v) is 5.65. The van der Waals surface area contributed by atoms with Crippen LogP contribution in [0.5, 0.6) is 11.5 Å². The molecule has 0 bridgehead atoms. The Morgan fingerprint density at radius 2 is 1.78 bits per heavy atom. The molecule has 0 spiro atoms. The van der Waals surface area contributed by atoms with Crippen LogP contribution in [0, 0.1) is 11.3 Å². The van der Waals surface area contributed by atoms with Crippen LogP contribution in [0.15, 0.2) is 48.5 Å². The van der Waals surface area contributed by atoms with Crippen molar-refractivity contribution in [2.24, 2.45) is 0 Å². The van der Waals surface area contributed by atoms with E-state index in [0.29, 0.717) is 5.75 Å². The lowest BCUT2D eigenvalue weighted by Gasteiger charge is -2.12. The van der Waals surface area contributed by atoms with Crippen LogP contribution in [-0.2, 0) is 0 Å². The fraction of sp³-hybridized carbons (Fsp3) is 0.133. The average molecular weight is 239 g/mol. The van der Waals surface area contributed by atoms with Crippen molar-refractivity contribution < 1.29 is 9.84 Å². The SMILES string of the molecule is CC(C#N)Oc1ccccc1-c1ccc(O)cc1. The second-order valence-electron chi connectivity index (χ2n) is 3.93. The van der Waals surface area contributed by atoms with Crippen LogP contribution >= 0.6 is 0 Å². The highest BCUT2D eigenvalue weighted by Crippen LogP contribution is 2.31. The molecule has 0 heterocycles. The van der Waals surface area contributed by atoms with E-state index in [1.165, 1.54) is 0 Å². The van der Waals surface area contributed by atoms with Gasteiger partial charge in [0.15, 0.2) is 6.10 Å². The van der Waals surface area contributed by atoms with Crippen LogP contribution in [-0.4, -0.2) is 11.2 Å². The minimum Gasteiger partial charge on any atom is -0.508 e. The smallest absolute Gasteiger partial charge is 0.181 e. The van der Waals surface area contributed by atoms with Crippen LogP contribution in [0.1, 0.15) is 6.92 Å². The van der Waals surface area contributed by atoms with Crippen LogP contribution in [0.3, 0.4) is 0 Å². The van der Waals surface area contributed by atoms with Crippen molar-refractivity contribution >= 4 is 0 Å². The summed E-state index contributed by atoms with van der Waals surface area (Å²) < 4.78 is 5.56. The number of nitrogens with zero attached hydrogens (tertiary/aromatic N) is 1. The molecule has 1 unspecified atom stereocenters. The Morgan fingerprint density at radius 1 is 1.11 bits per heavy atom. The summed E-state index contributed by atoms with van der Waals surface area (Å²) in [5.41, 5.74) is 1.84. The molecule has 90 valence electrons. The van der Waals surface area contributed by atoms with Gasteiger partial charge < -0.3 is 9.84 Å². The molecule has 1 N–H and O–H groups in total. The molecule has 0 aliphatic rings. The number of ether oxygens (including phenoxy) is 1. The topological polar surface area (TPSA) is 53.2 Å². The van der Waals surface area contributed by atoms with E-state index in [1.807, 2.05) is 42.5 Å². The molecule has 1 atom stereocenters. The molecule has 0 aromatic heterocycles. The largest absolute Gasteiger partial charge is 0.508 e. The number of phenolic OH excluding ortho intramolecular Hbond substituents is 1. The number of benzene rings is 2. The van der Waals surface area contributed by atoms with Crippen molar-refractivity contribution in [2.45, 2.75) is 13.0 Å². The molecule has 0 saturated heterocycles. The zero-order valence-electron chi connectivity index (χ0n) is 10.00. The summed E-state index contributed by atoms with van der Waals surface area (Å²) >= 11 is 0. The fourth-order valence-electron chi connectivity index (χ4n) is 1.67. The maximum atomic E-state index is 9.28. The number of aromatic hydroxyl groups is 1. The first kappa shape index (κ1) is 12.0. The summed E-state index contributed by atoms with van der Waals surface area (Å²) in [4.78, 5) is 0. The van der Waals surface area contributed by atoms with Gasteiger partial charge in [0.1, 0.15) is 17.6 Å². The summed E-state index contributed by atoms with van der Waals surface area (Å²) in [5.74, 6) is 0.889. The van der Waals surface area contributed by atoms with Gasteiger partial charge in [-0.2, -0.15) is 5.26 Å². The van der Waals surface area contributed by atoms with Gasteiger partial charge in [-0.25, -0.2) is 0 Å². The Morgan fingerprint density at radius 3 is 2.44 bits per heavy atom. The van der Waals surface area contributed by atoms with Gasteiger partial charge in [0.25, 0.3) is 0 Å². The van der Waals surface area contributed by atoms with E-state index < -0.39 is 6.10 Å². The zero-order chi connectivity index (χ0) is 13.0. The number of hydrogen-bond donors (Lipinski definition) is 1. The molecule has 0 aliphatic carbocycles. The molecular formula is C15H13NO2. The van der Waals surface area contributed by atoms with Crippen molar-refractivity contribution in [2.75, 3.05) is 0 Å². The lowest BCUT2D eigenvalue weighted by molar-refractivity contribution is 0.277. The molecule has 0 fully saturated rings. The van der Waals surface area contributed by atoms with E-state index in [0.717, 1.165) is 11.1 Å². The van der Waals surface area contributed by atoms with E-state index in [4.69, 9.17) is 10.00 Å². The second-order valence-corrected chi connectivity index (χ2v) is 3.93. The molecule has 2 rings (SSSR count). The number of phenols is 1. The molecule has 0 saturated carbocycles. The molecule has 0 amide bonds. The predicted molar refractivity (Wildman–Crippen MR) is 69.2 cm³/mol. The van der Waals surface area contributed by atoms with Gasteiger partial charge in [0.2, 0.25) is 0 Å². The van der Waals surface area contributed by atoms with Gasteiger partial charge in [-0.15, -0.1) is 0 Å². The van der Waals surface area contributed by atoms with Crippen molar-refractivity contribution in [1.29, 1.82) is 5.26 Å². The zero-order valence-corrected chi connectivity index (χ0v) is 10.00. The summed E-state index contributed by atoms with van der Waals surface area (Å²) in [6.45, 7) is 1.70. The van der Waals surface area contributed by atoms with E-state index in [2.05, 4.69) is 0 Å². The van der Waals surface area contributed by atoms with Gasteiger partial charge in [0, 0.05) is 5.56 Å².